The van der Waals surface area contributed by atoms with E-state index in [9.17, 15) is 9.59 Å². The molecule has 1 spiro atoms. The van der Waals surface area contributed by atoms with Crippen molar-refractivity contribution >= 4 is 23.3 Å². The van der Waals surface area contributed by atoms with E-state index in [2.05, 4.69) is 0 Å². The average Bonchev–Trinajstić information content (AvgIpc) is 2.73. The maximum Gasteiger partial charge on any atom is 0.222 e. The molecule has 0 N–H and O–H groups in total. The van der Waals surface area contributed by atoms with E-state index in [1.165, 1.54) is 5.56 Å². The summed E-state index contributed by atoms with van der Waals surface area (Å²) >= 11 is 6.01. The number of carbonyl (C=O) groups is 2. The van der Waals surface area contributed by atoms with Crippen molar-refractivity contribution in [3.05, 3.63) is 58.6 Å². The molecule has 1 amide bonds. The number of rotatable bonds is 5. The zero-order chi connectivity index (χ0) is 21.1. The lowest BCUT2D eigenvalue weighted by Gasteiger charge is -2.44. The Morgan fingerprint density at radius 2 is 1.90 bits per heavy atom. The second kappa shape index (κ2) is 8.68. The number of ketones is 1. The van der Waals surface area contributed by atoms with E-state index < -0.39 is 5.60 Å². The second-order valence-corrected chi connectivity index (χ2v) is 8.61. The number of hydrogen-bond acceptors (Lipinski definition) is 4. The molecule has 1 fully saturated rings. The van der Waals surface area contributed by atoms with Crippen molar-refractivity contribution in [1.29, 1.82) is 0 Å². The molecule has 2 aromatic rings. The molecular weight excluding hydrogens is 402 g/mol. The summed E-state index contributed by atoms with van der Waals surface area (Å²) in [5.41, 5.74) is 1.24. The molecule has 0 unspecified atom stereocenters. The number of aryl methyl sites for hydroxylation is 1. The van der Waals surface area contributed by atoms with Crippen molar-refractivity contribution in [2.75, 3.05) is 19.7 Å². The number of likely N-dealkylation sites (tertiary alicyclic amines) is 1. The number of nitrogens with zero attached hydrogens (tertiary/aromatic N) is 1. The number of Topliss-reactive ketones (excluding diaryl/α,β-unsaturated/α-hetero) is 1. The van der Waals surface area contributed by atoms with Gasteiger partial charge >= 0.3 is 0 Å². The molecule has 0 aliphatic carbocycles. The van der Waals surface area contributed by atoms with Gasteiger partial charge in [-0.05, 0) is 43.7 Å². The largest absolute Gasteiger partial charge is 0.494 e. The summed E-state index contributed by atoms with van der Waals surface area (Å²) in [4.78, 5) is 27.1. The highest BCUT2D eigenvalue weighted by atomic mass is 35.5. The van der Waals surface area contributed by atoms with Crippen LogP contribution in [0.1, 0.15) is 48.0 Å². The number of ether oxygens (including phenoxy) is 2. The number of carbonyl (C=O) groups excluding carboxylic acids is 2. The van der Waals surface area contributed by atoms with Gasteiger partial charge in [-0.3, -0.25) is 9.59 Å². The number of hydrogen-bond donors (Lipinski definition) is 0. The number of benzene rings is 2. The molecule has 5 nitrogen and oxygen atoms in total. The molecule has 0 bridgehead atoms. The first-order chi connectivity index (χ1) is 14.4. The smallest absolute Gasteiger partial charge is 0.222 e. The average molecular weight is 428 g/mol. The highest BCUT2D eigenvalue weighted by molar-refractivity contribution is 6.31. The Bertz CT molecular complexity index is 933. The summed E-state index contributed by atoms with van der Waals surface area (Å²) in [6.07, 6.45) is 2.79. The van der Waals surface area contributed by atoms with Gasteiger partial charge < -0.3 is 14.4 Å². The molecule has 2 aromatic carbocycles. The quantitative estimate of drug-likeness (QED) is 0.641. The lowest BCUT2D eigenvalue weighted by molar-refractivity contribution is -0.135. The van der Waals surface area contributed by atoms with E-state index in [0.717, 1.165) is 5.75 Å². The third kappa shape index (κ3) is 4.62. The Morgan fingerprint density at radius 1 is 1.17 bits per heavy atom. The zero-order valence-corrected chi connectivity index (χ0v) is 17.9. The van der Waals surface area contributed by atoms with Crippen LogP contribution in [-0.4, -0.2) is 41.9 Å². The van der Waals surface area contributed by atoms with Gasteiger partial charge in [-0.25, -0.2) is 0 Å². The van der Waals surface area contributed by atoms with Gasteiger partial charge in [0.1, 0.15) is 17.1 Å². The fourth-order valence-corrected chi connectivity index (χ4v) is 4.29. The van der Waals surface area contributed by atoms with E-state index in [4.69, 9.17) is 21.1 Å². The lowest BCUT2D eigenvalue weighted by atomic mass is 9.82. The van der Waals surface area contributed by atoms with Crippen molar-refractivity contribution in [2.45, 2.75) is 44.6 Å². The van der Waals surface area contributed by atoms with Crippen LogP contribution in [0.3, 0.4) is 0 Å². The highest BCUT2D eigenvalue weighted by Crippen LogP contribution is 2.40. The van der Waals surface area contributed by atoms with E-state index in [1.807, 2.05) is 36.1 Å². The van der Waals surface area contributed by atoms with Crippen LogP contribution in [0.4, 0.5) is 0 Å². The van der Waals surface area contributed by atoms with E-state index in [1.54, 1.807) is 18.2 Å². The van der Waals surface area contributed by atoms with Crippen LogP contribution in [0.15, 0.2) is 42.5 Å². The van der Waals surface area contributed by atoms with Crippen molar-refractivity contribution < 1.29 is 19.1 Å². The fraction of sp³-hybridized carbons (Fsp3) is 0.417. The molecule has 0 saturated carbocycles. The normalized spacial score (nSPS) is 17.4. The van der Waals surface area contributed by atoms with Crippen molar-refractivity contribution in [1.82, 2.24) is 4.90 Å². The molecule has 0 radical (unpaired) electrons. The SMILES string of the molecule is Cc1ccc(OCCCC(=O)N2CCC3(CC2)CC(=O)c2cc(Cl)ccc2O3)cc1. The van der Waals surface area contributed by atoms with Gasteiger partial charge in [0.2, 0.25) is 5.91 Å². The van der Waals surface area contributed by atoms with E-state index in [-0.39, 0.29) is 11.7 Å². The maximum absolute atomic E-state index is 12.6. The van der Waals surface area contributed by atoms with E-state index >= 15 is 0 Å². The predicted molar refractivity (Wildman–Crippen MR) is 115 cm³/mol. The van der Waals surface area contributed by atoms with E-state index in [0.29, 0.717) is 68.1 Å². The molecular formula is C24H26ClNO4. The van der Waals surface area contributed by atoms with Crippen LogP contribution in [-0.2, 0) is 4.79 Å². The summed E-state index contributed by atoms with van der Waals surface area (Å²) in [6.45, 7) is 3.76. The third-order valence-corrected chi connectivity index (χ3v) is 6.14. The van der Waals surface area contributed by atoms with Gasteiger partial charge in [-0.15, -0.1) is 0 Å². The first-order valence-electron chi connectivity index (χ1n) is 10.4. The minimum Gasteiger partial charge on any atom is -0.494 e. The van der Waals surface area contributed by atoms with Crippen LogP contribution < -0.4 is 9.47 Å². The summed E-state index contributed by atoms with van der Waals surface area (Å²) < 4.78 is 11.9. The zero-order valence-electron chi connectivity index (χ0n) is 17.2. The van der Waals surface area contributed by atoms with Gasteiger partial charge in [0.25, 0.3) is 0 Å². The van der Waals surface area contributed by atoms with Crippen molar-refractivity contribution in [3.8, 4) is 11.5 Å². The second-order valence-electron chi connectivity index (χ2n) is 8.17. The Balaban J connectivity index is 1.25. The molecule has 1 saturated heterocycles. The predicted octanol–water partition coefficient (Wildman–Crippen LogP) is 4.83. The van der Waals surface area contributed by atoms with Gasteiger partial charge in [-0.1, -0.05) is 29.3 Å². The summed E-state index contributed by atoms with van der Waals surface area (Å²) in [5, 5.41) is 0.536. The first-order valence-corrected chi connectivity index (χ1v) is 10.8. The highest BCUT2D eigenvalue weighted by Gasteiger charge is 2.43. The first kappa shape index (κ1) is 20.7. The van der Waals surface area contributed by atoms with Gasteiger partial charge in [-0.2, -0.15) is 0 Å². The minimum atomic E-state index is -0.511. The van der Waals surface area contributed by atoms with Crippen LogP contribution in [0, 0.1) is 6.92 Å². The number of piperidine rings is 1. The fourth-order valence-electron chi connectivity index (χ4n) is 4.11. The maximum atomic E-state index is 12.6. The summed E-state index contributed by atoms with van der Waals surface area (Å²) in [6, 6.07) is 13.1. The van der Waals surface area contributed by atoms with Crippen molar-refractivity contribution in [2.24, 2.45) is 0 Å². The van der Waals surface area contributed by atoms with Crippen LogP contribution in [0.25, 0.3) is 0 Å². The molecule has 158 valence electrons. The number of amides is 1. The number of halogens is 1. The topological polar surface area (TPSA) is 55.8 Å². The molecule has 6 heteroatoms. The minimum absolute atomic E-state index is 0.0618. The Hall–Kier alpha value is -2.53. The molecule has 2 aliphatic heterocycles. The molecule has 0 aromatic heterocycles. The Labute approximate surface area is 181 Å². The van der Waals surface area contributed by atoms with Crippen LogP contribution >= 0.6 is 11.6 Å². The molecule has 4 rings (SSSR count). The van der Waals surface area contributed by atoms with Gasteiger partial charge in [0.15, 0.2) is 5.78 Å². The summed E-state index contributed by atoms with van der Waals surface area (Å²) in [7, 11) is 0. The van der Waals surface area contributed by atoms with Gasteiger partial charge in [0, 0.05) is 37.4 Å². The molecule has 0 atom stereocenters. The molecule has 2 aliphatic rings. The van der Waals surface area contributed by atoms with Gasteiger partial charge in [0.05, 0.1) is 18.6 Å². The van der Waals surface area contributed by atoms with Crippen LogP contribution in [0.2, 0.25) is 5.02 Å². The van der Waals surface area contributed by atoms with Crippen LogP contribution in [0.5, 0.6) is 11.5 Å². The Morgan fingerprint density at radius 3 is 2.63 bits per heavy atom. The van der Waals surface area contributed by atoms with Crippen molar-refractivity contribution in [3.63, 3.8) is 0 Å². The standard InChI is InChI=1S/C24H26ClNO4/c1-17-4-7-19(8-5-17)29-14-2-3-23(28)26-12-10-24(11-13-26)16-21(27)20-15-18(25)6-9-22(20)30-24/h4-9,15H,2-3,10-14,16H2,1H3. The lowest BCUT2D eigenvalue weighted by Crippen LogP contribution is -2.52. The Kier molecular flexibility index (Phi) is 6.00. The molecule has 30 heavy (non-hydrogen) atoms. The number of fused-ring (bicyclic) bond motifs is 1. The summed E-state index contributed by atoms with van der Waals surface area (Å²) in [5.74, 6) is 1.62. The monoisotopic (exact) mass is 427 g/mol. The third-order valence-electron chi connectivity index (χ3n) is 5.90. The molecule has 2 heterocycles.